The van der Waals surface area contributed by atoms with Gasteiger partial charge in [-0.1, -0.05) is 11.8 Å². The van der Waals surface area contributed by atoms with E-state index in [1.807, 2.05) is 24.3 Å². The molecule has 3 nitrogen and oxygen atoms in total. The third-order valence-corrected chi connectivity index (χ3v) is 3.00. The summed E-state index contributed by atoms with van der Waals surface area (Å²) in [5.41, 5.74) is 0.926. The maximum atomic E-state index is 11.5. The largest absolute Gasteiger partial charge is 0.497 e. The smallest absolute Gasteiger partial charge is 0.226 e. The molecule has 0 saturated carbocycles. The number of hydrogen-bond acceptors (Lipinski definition) is 2. The minimum atomic E-state index is 0.189. The third kappa shape index (κ3) is 3.89. The molecule has 0 aromatic heterocycles. The quantitative estimate of drug-likeness (QED) is 0.760. The van der Waals surface area contributed by atoms with Gasteiger partial charge in [-0.05, 0) is 37.1 Å². The molecule has 0 unspecified atom stereocenters. The molecular weight excluding hydrogens is 238 g/mol. The molecule has 0 atom stereocenters. The van der Waals surface area contributed by atoms with E-state index in [1.165, 1.54) is 0 Å². The Hall–Kier alpha value is -2.21. The van der Waals surface area contributed by atoms with Crippen LogP contribution in [0.5, 0.6) is 5.75 Å². The van der Waals surface area contributed by atoms with E-state index in [1.54, 1.807) is 24.3 Å². The van der Waals surface area contributed by atoms with Gasteiger partial charge in [0.25, 0.3) is 0 Å². The predicted molar refractivity (Wildman–Crippen MR) is 74.6 cm³/mol. The van der Waals surface area contributed by atoms with E-state index in [0.717, 1.165) is 30.7 Å². The van der Waals surface area contributed by atoms with Gasteiger partial charge in [0.1, 0.15) is 5.75 Å². The van der Waals surface area contributed by atoms with E-state index < -0.39 is 0 Å². The fourth-order valence-electron chi connectivity index (χ4n) is 1.91. The van der Waals surface area contributed by atoms with Crippen LogP contribution in [0.3, 0.4) is 0 Å². The lowest BCUT2D eigenvalue weighted by atomic mass is 10.1. The summed E-state index contributed by atoms with van der Waals surface area (Å²) in [4.78, 5) is 13.3. The van der Waals surface area contributed by atoms with E-state index in [2.05, 4.69) is 11.8 Å². The van der Waals surface area contributed by atoms with Crippen LogP contribution in [0.1, 0.15) is 24.8 Å². The zero-order valence-electron chi connectivity index (χ0n) is 11.1. The molecule has 1 aliphatic rings. The SMILES string of the molecule is COc1ccc(C#C/C=C/N2CCCCC2=O)cc1. The lowest BCUT2D eigenvalue weighted by Gasteiger charge is -2.22. The number of nitrogens with zero attached hydrogens (tertiary/aromatic N) is 1. The number of carbonyl (C=O) groups is 1. The summed E-state index contributed by atoms with van der Waals surface area (Å²) < 4.78 is 5.08. The van der Waals surface area contributed by atoms with Crippen LogP contribution in [-0.4, -0.2) is 24.5 Å². The predicted octanol–water partition coefficient (Wildman–Crippen LogP) is 2.57. The molecule has 0 bridgehead atoms. The average Bonchev–Trinajstić information content (AvgIpc) is 2.46. The second-order valence-electron chi connectivity index (χ2n) is 4.36. The van der Waals surface area contributed by atoms with Crippen molar-refractivity contribution in [3.63, 3.8) is 0 Å². The minimum absolute atomic E-state index is 0.189. The topological polar surface area (TPSA) is 29.5 Å². The van der Waals surface area contributed by atoms with Gasteiger partial charge in [0.2, 0.25) is 5.91 Å². The van der Waals surface area contributed by atoms with Gasteiger partial charge in [-0.3, -0.25) is 4.79 Å². The molecule has 1 heterocycles. The van der Waals surface area contributed by atoms with Crippen LogP contribution in [0.25, 0.3) is 0 Å². The Kier molecular flexibility index (Phi) is 4.63. The van der Waals surface area contributed by atoms with Crippen molar-refractivity contribution in [3.05, 3.63) is 42.1 Å². The first-order chi connectivity index (χ1) is 9.29. The van der Waals surface area contributed by atoms with Gasteiger partial charge in [0.05, 0.1) is 7.11 Å². The van der Waals surface area contributed by atoms with Crippen molar-refractivity contribution in [2.45, 2.75) is 19.3 Å². The number of likely N-dealkylation sites (tertiary alicyclic amines) is 1. The summed E-state index contributed by atoms with van der Waals surface area (Å²) in [5, 5.41) is 0. The Morgan fingerprint density at radius 2 is 2.05 bits per heavy atom. The molecule has 0 N–H and O–H groups in total. The first-order valence-corrected chi connectivity index (χ1v) is 6.41. The van der Waals surface area contributed by atoms with E-state index in [9.17, 15) is 4.79 Å². The van der Waals surface area contributed by atoms with Crippen LogP contribution in [0.15, 0.2) is 36.5 Å². The summed E-state index contributed by atoms with van der Waals surface area (Å²) in [6.45, 7) is 0.805. The molecule has 19 heavy (non-hydrogen) atoms. The van der Waals surface area contributed by atoms with Gasteiger partial charge >= 0.3 is 0 Å². The van der Waals surface area contributed by atoms with Crippen molar-refractivity contribution < 1.29 is 9.53 Å². The second kappa shape index (κ2) is 6.65. The molecule has 1 aromatic rings. The van der Waals surface area contributed by atoms with E-state index in [-0.39, 0.29) is 5.91 Å². The summed E-state index contributed by atoms with van der Waals surface area (Å²) in [6, 6.07) is 7.57. The number of allylic oxidation sites excluding steroid dienone is 1. The molecule has 98 valence electrons. The van der Waals surface area contributed by atoms with Crippen molar-refractivity contribution >= 4 is 5.91 Å². The van der Waals surface area contributed by atoms with Gasteiger partial charge in [0.15, 0.2) is 0 Å². The molecule has 0 spiro atoms. The van der Waals surface area contributed by atoms with Crippen molar-refractivity contribution in [3.8, 4) is 17.6 Å². The molecule has 1 amide bonds. The number of ether oxygens (including phenoxy) is 1. The Labute approximate surface area is 113 Å². The van der Waals surface area contributed by atoms with Crippen LogP contribution in [0.4, 0.5) is 0 Å². The van der Waals surface area contributed by atoms with Crippen LogP contribution in [0, 0.1) is 11.8 Å². The van der Waals surface area contributed by atoms with Crippen molar-refractivity contribution in [2.75, 3.05) is 13.7 Å². The average molecular weight is 255 g/mol. The number of piperidine rings is 1. The summed E-state index contributed by atoms with van der Waals surface area (Å²) in [6.07, 6.45) is 6.23. The first-order valence-electron chi connectivity index (χ1n) is 6.41. The van der Waals surface area contributed by atoms with Gasteiger partial charge < -0.3 is 9.64 Å². The monoisotopic (exact) mass is 255 g/mol. The highest BCUT2D eigenvalue weighted by atomic mass is 16.5. The summed E-state index contributed by atoms with van der Waals surface area (Å²) in [5.74, 6) is 6.97. The summed E-state index contributed by atoms with van der Waals surface area (Å²) in [7, 11) is 1.64. The number of benzene rings is 1. The van der Waals surface area contributed by atoms with E-state index >= 15 is 0 Å². The van der Waals surface area contributed by atoms with Gasteiger partial charge in [0, 0.05) is 30.8 Å². The van der Waals surface area contributed by atoms with Crippen LogP contribution in [-0.2, 0) is 4.79 Å². The van der Waals surface area contributed by atoms with Crippen molar-refractivity contribution in [2.24, 2.45) is 0 Å². The lowest BCUT2D eigenvalue weighted by Crippen LogP contribution is -2.30. The van der Waals surface area contributed by atoms with E-state index in [4.69, 9.17) is 4.74 Å². The van der Waals surface area contributed by atoms with E-state index in [0.29, 0.717) is 6.42 Å². The normalized spacial score (nSPS) is 15.2. The molecule has 3 heteroatoms. The molecular formula is C16H17NO2. The Morgan fingerprint density at radius 3 is 2.74 bits per heavy atom. The third-order valence-electron chi connectivity index (χ3n) is 3.00. The molecule has 0 radical (unpaired) electrons. The maximum Gasteiger partial charge on any atom is 0.226 e. The zero-order valence-corrected chi connectivity index (χ0v) is 11.1. The highest BCUT2D eigenvalue weighted by Crippen LogP contribution is 2.11. The standard InChI is InChI=1S/C16H17NO2/c1-19-15-10-8-14(9-11-15)6-2-4-12-17-13-5-3-7-16(17)18/h4,8-12H,3,5,7,13H2,1H3/b12-4+. The van der Waals surface area contributed by atoms with Crippen LogP contribution in [0.2, 0.25) is 0 Å². The zero-order chi connectivity index (χ0) is 13.5. The molecule has 1 aliphatic heterocycles. The molecule has 2 rings (SSSR count). The van der Waals surface area contributed by atoms with Crippen LogP contribution >= 0.6 is 0 Å². The van der Waals surface area contributed by atoms with Gasteiger partial charge in [-0.2, -0.15) is 0 Å². The fourth-order valence-corrected chi connectivity index (χ4v) is 1.91. The van der Waals surface area contributed by atoms with Crippen molar-refractivity contribution in [1.82, 2.24) is 4.90 Å². The molecule has 0 aliphatic carbocycles. The Bertz CT molecular complexity index is 520. The fraction of sp³-hybridized carbons (Fsp3) is 0.312. The van der Waals surface area contributed by atoms with Gasteiger partial charge in [-0.15, -0.1) is 0 Å². The van der Waals surface area contributed by atoms with Crippen molar-refractivity contribution in [1.29, 1.82) is 0 Å². The van der Waals surface area contributed by atoms with Crippen LogP contribution < -0.4 is 4.74 Å². The number of hydrogen-bond donors (Lipinski definition) is 0. The molecule has 1 saturated heterocycles. The highest BCUT2D eigenvalue weighted by Gasteiger charge is 2.14. The Morgan fingerprint density at radius 1 is 1.26 bits per heavy atom. The molecule has 1 aromatic carbocycles. The minimum Gasteiger partial charge on any atom is -0.497 e. The number of carbonyl (C=O) groups excluding carboxylic acids is 1. The highest BCUT2D eigenvalue weighted by molar-refractivity contribution is 5.77. The maximum absolute atomic E-state index is 11.5. The first kappa shape index (κ1) is 13.2. The number of rotatable bonds is 2. The lowest BCUT2D eigenvalue weighted by molar-refractivity contribution is -0.130. The van der Waals surface area contributed by atoms with Gasteiger partial charge in [-0.25, -0.2) is 0 Å². The second-order valence-corrected chi connectivity index (χ2v) is 4.36. The summed E-state index contributed by atoms with van der Waals surface area (Å²) >= 11 is 0. The number of methoxy groups -OCH3 is 1. The molecule has 1 fully saturated rings. The Balaban J connectivity index is 1.94. The number of amides is 1.